The van der Waals surface area contributed by atoms with E-state index in [1.807, 2.05) is 0 Å². The summed E-state index contributed by atoms with van der Waals surface area (Å²) in [5.74, 6) is 0. The first-order valence-electron chi connectivity index (χ1n) is 5.48. The van der Waals surface area contributed by atoms with Crippen LogP contribution in [0.4, 0.5) is 0 Å². The van der Waals surface area contributed by atoms with Crippen LogP contribution in [0.25, 0.3) is 0 Å². The van der Waals surface area contributed by atoms with Crippen LogP contribution in [0.1, 0.15) is 25.7 Å². The third kappa shape index (κ3) is 2.66. The lowest BCUT2D eigenvalue weighted by Crippen LogP contribution is -2.43. The van der Waals surface area contributed by atoms with Gasteiger partial charge in [0.1, 0.15) is 0 Å². The van der Waals surface area contributed by atoms with E-state index in [0.717, 1.165) is 26.1 Å². The predicted molar refractivity (Wildman–Crippen MR) is 52.7 cm³/mol. The monoisotopic (exact) mass is 184 g/mol. The second kappa shape index (κ2) is 4.40. The Labute approximate surface area is 80.1 Å². The first-order valence-corrected chi connectivity index (χ1v) is 5.48. The van der Waals surface area contributed by atoms with Gasteiger partial charge in [0.05, 0.1) is 6.10 Å². The molecule has 2 fully saturated rings. The van der Waals surface area contributed by atoms with Crippen molar-refractivity contribution < 1.29 is 5.11 Å². The van der Waals surface area contributed by atoms with Crippen LogP contribution < -0.4 is 5.32 Å². The minimum atomic E-state index is -0.0661. The third-order valence-electron chi connectivity index (χ3n) is 3.14. The number of β-amino-alcohol motifs (C(OH)–C–C–N with tert-alkyl or cyclic N) is 1. The highest BCUT2D eigenvalue weighted by Gasteiger charge is 2.23. The topological polar surface area (TPSA) is 35.5 Å². The Morgan fingerprint density at radius 3 is 2.85 bits per heavy atom. The molecule has 2 aliphatic heterocycles. The summed E-state index contributed by atoms with van der Waals surface area (Å²) in [7, 11) is 0. The summed E-state index contributed by atoms with van der Waals surface area (Å²) in [6.45, 7) is 4.29. The van der Waals surface area contributed by atoms with Gasteiger partial charge in [-0.05, 0) is 25.8 Å². The summed E-state index contributed by atoms with van der Waals surface area (Å²) in [4.78, 5) is 2.38. The molecule has 2 heterocycles. The minimum Gasteiger partial charge on any atom is -0.392 e. The van der Waals surface area contributed by atoms with Crippen LogP contribution in [-0.2, 0) is 0 Å². The molecule has 2 N–H and O–H groups in total. The highest BCUT2D eigenvalue weighted by Crippen LogP contribution is 2.13. The molecule has 0 amide bonds. The highest BCUT2D eigenvalue weighted by molar-refractivity contribution is 4.81. The van der Waals surface area contributed by atoms with Crippen LogP contribution in [0.3, 0.4) is 0 Å². The van der Waals surface area contributed by atoms with Crippen molar-refractivity contribution in [1.29, 1.82) is 0 Å². The van der Waals surface area contributed by atoms with Crippen LogP contribution in [0.2, 0.25) is 0 Å². The number of piperidine rings is 1. The first-order chi connectivity index (χ1) is 6.34. The van der Waals surface area contributed by atoms with Gasteiger partial charge in [-0.2, -0.15) is 0 Å². The Hall–Kier alpha value is -0.120. The number of rotatable bonds is 2. The summed E-state index contributed by atoms with van der Waals surface area (Å²) < 4.78 is 0. The largest absolute Gasteiger partial charge is 0.392 e. The molecule has 2 atom stereocenters. The van der Waals surface area contributed by atoms with Crippen LogP contribution >= 0.6 is 0 Å². The molecule has 76 valence electrons. The molecule has 2 saturated heterocycles. The van der Waals surface area contributed by atoms with Gasteiger partial charge in [0.25, 0.3) is 0 Å². The lowest BCUT2D eigenvalue weighted by atomic mass is 10.0. The predicted octanol–water partition coefficient (Wildman–Crippen LogP) is 0.195. The van der Waals surface area contributed by atoms with Crippen molar-refractivity contribution in [3.63, 3.8) is 0 Å². The number of hydrogen-bond acceptors (Lipinski definition) is 3. The van der Waals surface area contributed by atoms with E-state index in [9.17, 15) is 5.11 Å². The molecule has 2 unspecified atom stereocenters. The van der Waals surface area contributed by atoms with Gasteiger partial charge in [0, 0.05) is 25.7 Å². The molecule has 0 aromatic rings. The van der Waals surface area contributed by atoms with Gasteiger partial charge in [-0.1, -0.05) is 6.42 Å². The Balaban J connectivity index is 1.71. The van der Waals surface area contributed by atoms with Gasteiger partial charge in [0.15, 0.2) is 0 Å². The van der Waals surface area contributed by atoms with Crippen molar-refractivity contribution in [2.45, 2.75) is 37.8 Å². The molecule has 13 heavy (non-hydrogen) atoms. The number of hydrogen-bond donors (Lipinski definition) is 2. The Kier molecular flexibility index (Phi) is 3.19. The molecule has 0 spiro atoms. The van der Waals surface area contributed by atoms with Crippen molar-refractivity contribution in [2.75, 3.05) is 26.2 Å². The maximum atomic E-state index is 9.37. The van der Waals surface area contributed by atoms with E-state index in [0.29, 0.717) is 6.04 Å². The maximum Gasteiger partial charge on any atom is 0.0679 e. The summed E-state index contributed by atoms with van der Waals surface area (Å²) in [6, 6.07) is 0.680. The van der Waals surface area contributed by atoms with Gasteiger partial charge in [-0.15, -0.1) is 0 Å². The van der Waals surface area contributed by atoms with Crippen LogP contribution in [0, 0.1) is 0 Å². The zero-order valence-corrected chi connectivity index (χ0v) is 8.21. The minimum absolute atomic E-state index is 0.0661. The zero-order chi connectivity index (χ0) is 9.10. The number of aliphatic hydroxyl groups is 1. The lowest BCUT2D eigenvalue weighted by molar-refractivity contribution is 0.169. The highest BCUT2D eigenvalue weighted by atomic mass is 16.3. The lowest BCUT2D eigenvalue weighted by Gasteiger charge is -2.27. The molecule has 0 aromatic carbocycles. The van der Waals surface area contributed by atoms with Crippen molar-refractivity contribution >= 4 is 0 Å². The fraction of sp³-hybridized carbons (Fsp3) is 1.00. The van der Waals surface area contributed by atoms with E-state index in [-0.39, 0.29) is 6.10 Å². The Morgan fingerprint density at radius 2 is 2.23 bits per heavy atom. The van der Waals surface area contributed by atoms with Gasteiger partial charge >= 0.3 is 0 Å². The van der Waals surface area contributed by atoms with Crippen molar-refractivity contribution in [3.8, 4) is 0 Å². The Bertz CT molecular complexity index is 154. The van der Waals surface area contributed by atoms with Crippen LogP contribution in [0.15, 0.2) is 0 Å². The molecule has 0 aliphatic carbocycles. The second-order valence-corrected chi connectivity index (χ2v) is 4.35. The fourth-order valence-corrected chi connectivity index (χ4v) is 2.37. The summed E-state index contributed by atoms with van der Waals surface area (Å²) in [5, 5.41) is 12.9. The molecular formula is C10H20N2O. The third-order valence-corrected chi connectivity index (χ3v) is 3.14. The smallest absolute Gasteiger partial charge is 0.0679 e. The number of nitrogens with one attached hydrogen (secondary N) is 1. The average molecular weight is 184 g/mol. The summed E-state index contributed by atoms with van der Waals surface area (Å²) in [5.41, 5.74) is 0. The van der Waals surface area contributed by atoms with Gasteiger partial charge in [-0.3, -0.25) is 4.90 Å². The maximum absolute atomic E-state index is 9.37. The number of aliphatic hydroxyl groups excluding tert-OH is 1. The Morgan fingerprint density at radius 1 is 1.31 bits per heavy atom. The molecule has 3 nitrogen and oxygen atoms in total. The molecule has 0 aromatic heterocycles. The standard InChI is InChI=1S/C10H20N2O/c13-10-4-6-12(8-10)7-9-3-1-2-5-11-9/h9-11,13H,1-8H2. The van der Waals surface area contributed by atoms with Crippen LogP contribution in [-0.4, -0.2) is 48.3 Å². The zero-order valence-electron chi connectivity index (χ0n) is 8.21. The average Bonchev–Trinajstić information content (AvgIpc) is 2.53. The van der Waals surface area contributed by atoms with E-state index in [1.54, 1.807) is 0 Å². The molecular weight excluding hydrogens is 164 g/mol. The molecule has 2 aliphatic rings. The molecule has 3 heteroatoms. The van der Waals surface area contributed by atoms with Crippen LogP contribution in [0.5, 0.6) is 0 Å². The normalized spacial score (nSPS) is 36.7. The number of nitrogens with zero attached hydrogens (tertiary/aromatic N) is 1. The van der Waals surface area contributed by atoms with Crippen molar-refractivity contribution in [1.82, 2.24) is 10.2 Å². The van der Waals surface area contributed by atoms with Crippen molar-refractivity contribution in [3.05, 3.63) is 0 Å². The van der Waals surface area contributed by atoms with E-state index in [1.165, 1.54) is 25.8 Å². The molecule has 0 radical (unpaired) electrons. The van der Waals surface area contributed by atoms with Gasteiger partial charge in [-0.25, -0.2) is 0 Å². The molecule has 0 bridgehead atoms. The summed E-state index contributed by atoms with van der Waals surface area (Å²) >= 11 is 0. The van der Waals surface area contributed by atoms with E-state index in [4.69, 9.17) is 0 Å². The van der Waals surface area contributed by atoms with Crippen molar-refractivity contribution in [2.24, 2.45) is 0 Å². The van der Waals surface area contributed by atoms with E-state index < -0.39 is 0 Å². The van der Waals surface area contributed by atoms with Gasteiger partial charge in [0.2, 0.25) is 0 Å². The summed E-state index contributed by atoms with van der Waals surface area (Å²) in [6.07, 6.45) is 4.91. The van der Waals surface area contributed by atoms with E-state index in [2.05, 4.69) is 10.2 Å². The van der Waals surface area contributed by atoms with E-state index >= 15 is 0 Å². The molecule has 0 saturated carbocycles. The molecule has 2 rings (SSSR count). The fourth-order valence-electron chi connectivity index (χ4n) is 2.37. The van der Waals surface area contributed by atoms with Gasteiger partial charge < -0.3 is 10.4 Å². The SMILES string of the molecule is OC1CCN(CC2CCCCN2)C1. The first kappa shape index (κ1) is 9.44. The second-order valence-electron chi connectivity index (χ2n) is 4.35. The quantitative estimate of drug-likeness (QED) is 0.643. The number of likely N-dealkylation sites (tertiary alicyclic amines) is 1.